The third kappa shape index (κ3) is 4.52. The zero-order chi connectivity index (χ0) is 18.3. The Morgan fingerprint density at radius 2 is 1.37 bits per heavy atom. The molecule has 4 rings (SSSR count). The average Bonchev–Trinajstić information content (AvgIpc) is 2.76. The number of hydrogen-bond acceptors (Lipinski definition) is 4. The number of piperazine rings is 1. The molecule has 0 unspecified atom stereocenters. The second-order valence-corrected chi connectivity index (χ2v) is 7.07. The Bertz CT molecular complexity index is 760. The monoisotopic (exact) mass is 358 g/mol. The number of benzene rings is 2. The van der Waals surface area contributed by atoms with Crippen LogP contribution in [-0.4, -0.2) is 47.8 Å². The van der Waals surface area contributed by atoms with E-state index in [1.54, 1.807) is 6.20 Å². The third-order valence-corrected chi connectivity index (χ3v) is 5.39. The van der Waals surface area contributed by atoms with Crippen LogP contribution in [0.2, 0.25) is 0 Å². The summed E-state index contributed by atoms with van der Waals surface area (Å²) in [6.45, 7) is 5.29. The van der Waals surface area contributed by atoms with Crippen LogP contribution in [0, 0.1) is 0 Å². The fraction of sp³-hybridized carbons (Fsp3) is 0.304. The van der Waals surface area contributed by atoms with Gasteiger partial charge in [-0.15, -0.1) is 5.10 Å². The zero-order valence-electron chi connectivity index (χ0n) is 15.6. The van der Waals surface area contributed by atoms with Crippen molar-refractivity contribution in [2.75, 3.05) is 37.6 Å². The number of rotatable bonds is 6. The Kier molecular flexibility index (Phi) is 5.75. The molecule has 0 N–H and O–H groups in total. The Hall–Kier alpha value is -2.72. The molecule has 1 fully saturated rings. The van der Waals surface area contributed by atoms with Crippen LogP contribution in [0.15, 0.2) is 79.0 Å². The van der Waals surface area contributed by atoms with Gasteiger partial charge in [-0.25, -0.2) is 0 Å². The van der Waals surface area contributed by atoms with Gasteiger partial charge in [0, 0.05) is 38.3 Å². The van der Waals surface area contributed by atoms with Crippen molar-refractivity contribution in [1.82, 2.24) is 15.1 Å². The van der Waals surface area contributed by atoms with E-state index in [9.17, 15) is 0 Å². The van der Waals surface area contributed by atoms with E-state index >= 15 is 0 Å². The van der Waals surface area contributed by atoms with E-state index in [1.807, 2.05) is 12.1 Å². The highest BCUT2D eigenvalue weighted by molar-refractivity contribution is 5.37. The lowest BCUT2D eigenvalue weighted by atomic mass is 9.88. The van der Waals surface area contributed by atoms with Crippen LogP contribution >= 0.6 is 0 Å². The lowest BCUT2D eigenvalue weighted by molar-refractivity contribution is 0.250. The van der Waals surface area contributed by atoms with Crippen LogP contribution in [0.3, 0.4) is 0 Å². The minimum absolute atomic E-state index is 0.449. The summed E-state index contributed by atoms with van der Waals surface area (Å²) in [7, 11) is 0. The summed E-state index contributed by atoms with van der Waals surface area (Å²) < 4.78 is 0. The first-order chi connectivity index (χ1) is 13.4. The van der Waals surface area contributed by atoms with Gasteiger partial charge >= 0.3 is 0 Å². The molecule has 1 aromatic heterocycles. The van der Waals surface area contributed by atoms with Crippen LogP contribution in [0.25, 0.3) is 0 Å². The second-order valence-electron chi connectivity index (χ2n) is 7.07. The van der Waals surface area contributed by atoms with E-state index in [1.165, 1.54) is 11.1 Å². The molecule has 0 aliphatic carbocycles. The van der Waals surface area contributed by atoms with Crippen molar-refractivity contribution in [1.29, 1.82) is 0 Å². The van der Waals surface area contributed by atoms with E-state index < -0.39 is 0 Å². The second kappa shape index (κ2) is 8.78. The minimum Gasteiger partial charge on any atom is -0.353 e. The van der Waals surface area contributed by atoms with Crippen LogP contribution < -0.4 is 4.90 Å². The molecular weight excluding hydrogens is 332 g/mol. The number of aromatic nitrogens is 2. The maximum absolute atomic E-state index is 4.24. The van der Waals surface area contributed by atoms with E-state index in [2.05, 4.69) is 80.7 Å². The molecule has 1 aliphatic rings. The summed E-state index contributed by atoms with van der Waals surface area (Å²) in [6, 6.07) is 25.8. The molecule has 4 nitrogen and oxygen atoms in total. The predicted octanol–water partition coefficient (Wildman–Crippen LogP) is 3.82. The van der Waals surface area contributed by atoms with Gasteiger partial charge in [0.1, 0.15) is 0 Å². The molecular formula is C23H26N4. The fourth-order valence-electron chi connectivity index (χ4n) is 3.87. The Balaban J connectivity index is 1.38. The summed E-state index contributed by atoms with van der Waals surface area (Å²) in [5.74, 6) is 1.44. The maximum atomic E-state index is 4.24. The van der Waals surface area contributed by atoms with Crippen molar-refractivity contribution in [2.45, 2.75) is 12.3 Å². The first kappa shape index (κ1) is 17.7. The Morgan fingerprint density at radius 3 is 1.93 bits per heavy atom. The molecule has 2 heterocycles. The quantitative estimate of drug-likeness (QED) is 0.670. The maximum Gasteiger partial charge on any atom is 0.151 e. The molecule has 1 aliphatic heterocycles. The summed E-state index contributed by atoms with van der Waals surface area (Å²) >= 11 is 0. The molecule has 0 amide bonds. The van der Waals surface area contributed by atoms with Gasteiger partial charge in [0.15, 0.2) is 5.82 Å². The van der Waals surface area contributed by atoms with Gasteiger partial charge in [-0.2, -0.15) is 5.10 Å². The van der Waals surface area contributed by atoms with Gasteiger partial charge in [-0.3, -0.25) is 4.90 Å². The lowest BCUT2D eigenvalue weighted by Gasteiger charge is -2.35. The topological polar surface area (TPSA) is 32.3 Å². The van der Waals surface area contributed by atoms with Gasteiger partial charge in [0.05, 0.1) is 0 Å². The highest BCUT2D eigenvalue weighted by atomic mass is 15.3. The normalized spacial score (nSPS) is 15.2. The van der Waals surface area contributed by atoms with Gasteiger partial charge in [0.2, 0.25) is 0 Å². The largest absolute Gasteiger partial charge is 0.353 e. The number of anilines is 1. The van der Waals surface area contributed by atoms with Crippen molar-refractivity contribution < 1.29 is 0 Å². The van der Waals surface area contributed by atoms with Crippen LogP contribution in [-0.2, 0) is 0 Å². The molecule has 27 heavy (non-hydrogen) atoms. The van der Waals surface area contributed by atoms with Crippen LogP contribution in [0.5, 0.6) is 0 Å². The van der Waals surface area contributed by atoms with E-state index in [0.29, 0.717) is 5.92 Å². The molecule has 1 saturated heterocycles. The molecule has 0 spiro atoms. The van der Waals surface area contributed by atoms with Crippen LogP contribution in [0.4, 0.5) is 5.82 Å². The molecule has 0 radical (unpaired) electrons. The van der Waals surface area contributed by atoms with Gasteiger partial charge in [-0.1, -0.05) is 60.7 Å². The molecule has 0 atom stereocenters. The minimum atomic E-state index is 0.449. The van der Waals surface area contributed by atoms with Gasteiger partial charge in [-0.05, 0) is 36.2 Å². The third-order valence-electron chi connectivity index (χ3n) is 5.39. The van der Waals surface area contributed by atoms with E-state index in [0.717, 1.165) is 45.0 Å². The Labute approximate surface area is 161 Å². The predicted molar refractivity (Wildman–Crippen MR) is 110 cm³/mol. The van der Waals surface area contributed by atoms with Crippen molar-refractivity contribution >= 4 is 5.82 Å². The van der Waals surface area contributed by atoms with Crippen molar-refractivity contribution in [2.24, 2.45) is 0 Å². The van der Waals surface area contributed by atoms with Crippen molar-refractivity contribution in [3.63, 3.8) is 0 Å². The van der Waals surface area contributed by atoms with E-state index in [-0.39, 0.29) is 0 Å². The highest BCUT2D eigenvalue weighted by Gasteiger charge is 2.20. The fourth-order valence-corrected chi connectivity index (χ4v) is 3.87. The first-order valence-electron chi connectivity index (χ1n) is 9.75. The molecule has 3 aromatic rings. The summed E-state index contributed by atoms with van der Waals surface area (Å²) in [4.78, 5) is 4.90. The summed E-state index contributed by atoms with van der Waals surface area (Å²) in [6.07, 6.45) is 2.87. The lowest BCUT2D eigenvalue weighted by Crippen LogP contribution is -2.47. The first-order valence-corrected chi connectivity index (χ1v) is 9.75. The number of nitrogens with zero attached hydrogens (tertiary/aromatic N) is 4. The average molecular weight is 358 g/mol. The Morgan fingerprint density at radius 1 is 0.741 bits per heavy atom. The van der Waals surface area contributed by atoms with Crippen molar-refractivity contribution in [3.05, 3.63) is 90.1 Å². The smallest absolute Gasteiger partial charge is 0.151 e. The molecule has 0 bridgehead atoms. The van der Waals surface area contributed by atoms with Crippen molar-refractivity contribution in [3.8, 4) is 0 Å². The molecule has 2 aromatic carbocycles. The highest BCUT2D eigenvalue weighted by Crippen LogP contribution is 2.28. The van der Waals surface area contributed by atoms with E-state index in [4.69, 9.17) is 0 Å². The standard InChI is InChI=1S/C23H26N4/c1-3-8-20(9-4-1)22(21-10-5-2-6-11-21)13-15-26-16-18-27(19-17-26)23-12-7-14-24-25-23/h1-12,14,22H,13,15-19H2. The zero-order valence-corrected chi connectivity index (χ0v) is 15.6. The summed E-state index contributed by atoms with van der Waals surface area (Å²) in [5.41, 5.74) is 2.81. The molecule has 0 saturated carbocycles. The SMILES string of the molecule is c1ccc(C(CCN2CCN(c3cccnn3)CC2)c2ccccc2)cc1. The van der Waals surface area contributed by atoms with Crippen LogP contribution in [0.1, 0.15) is 23.5 Å². The molecule has 4 heteroatoms. The van der Waals surface area contributed by atoms with Gasteiger partial charge < -0.3 is 4.90 Å². The number of hydrogen-bond donors (Lipinski definition) is 0. The summed E-state index contributed by atoms with van der Waals surface area (Å²) in [5, 5.41) is 8.24. The van der Waals surface area contributed by atoms with Gasteiger partial charge in [0.25, 0.3) is 0 Å². The molecule has 138 valence electrons.